The molecule has 0 saturated heterocycles. The fourth-order valence-corrected chi connectivity index (χ4v) is 7.24. The number of aliphatic hydroxyl groups is 2. The van der Waals surface area contributed by atoms with E-state index in [9.17, 15) is 15.0 Å². The number of ketones is 1. The van der Waals surface area contributed by atoms with Gasteiger partial charge in [0.25, 0.3) is 0 Å². The predicted octanol–water partition coefficient (Wildman–Crippen LogP) is 3.63. The lowest BCUT2D eigenvalue weighted by Crippen LogP contribution is -2.56. The Morgan fingerprint density at radius 3 is 2.54 bits per heavy atom. The Balaban J connectivity index is 1.69. The Labute approximate surface area is 145 Å². The standard InChI is InChI=1S/C21H32O3/c1-13(22)21(24)11-8-18-16-5-4-14-12-15(23)6-9-19(14,2)17(16)7-10-20(18,21)3/h4,15-18,23-24H,5-12H2,1-3H3/t15-,16-,17+,18+,19-,20-,21+/m0/s1. The normalized spacial score (nSPS) is 53.6. The van der Waals surface area contributed by atoms with E-state index in [-0.39, 0.29) is 22.7 Å². The minimum Gasteiger partial charge on any atom is -0.393 e. The van der Waals surface area contributed by atoms with Crippen molar-refractivity contribution in [2.24, 2.45) is 28.6 Å². The molecule has 3 heteroatoms. The molecule has 24 heavy (non-hydrogen) atoms. The van der Waals surface area contributed by atoms with E-state index in [0.717, 1.165) is 44.9 Å². The smallest absolute Gasteiger partial charge is 0.161 e. The summed E-state index contributed by atoms with van der Waals surface area (Å²) in [6.07, 6.45) is 9.84. The van der Waals surface area contributed by atoms with Gasteiger partial charge < -0.3 is 10.2 Å². The van der Waals surface area contributed by atoms with Crippen LogP contribution in [0.15, 0.2) is 11.6 Å². The third kappa shape index (κ3) is 1.94. The minimum absolute atomic E-state index is 0.0370. The number of aliphatic hydroxyl groups excluding tert-OH is 1. The first-order valence-corrected chi connectivity index (χ1v) is 9.83. The van der Waals surface area contributed by atoms with E-state index in [1.807, 2.05) is 0 Å². The molecule has 4 aliphatic carbocycles. The second-order valence-electron chi connectivity index (χ2n) is 9.57. The summed E-state index contributed by atoms with van der Waals surface area (Å²) in [6, 6.07) is 0. The van der Waals surface area contributed by atoms with Gasteiger partial charge in [-0.3, -0.25) is 4.79 Å². The van der Waals surface area contributed by atoms with Gasteiger partial charge in [-0.1, -0.05) is 25.5 Å². The Hall–Kier alpha value is -0.670. The van der Waals surface area contributed by atoms with Crippen molar-refractivity contribution in [2.75, 3.05) is 0 Å². The average molecular weight is 332 g/mol. The highest BCUT2D eigenvalue weighted by atomic mass is 16.3. The molecule has 7 atom stereocenters. The molecule has 0 bridgehead atoms. The first-order valence-electron chi connectivity index (χ1n) is 9.83. The fraction of sp³-hybridized carbons (Fsp3) is 0.857. The van der Waals surface area contributed by atoms with Gasteiger partial charge in [-0.15, -0.1) is 0 Å². The van der Waals surface area contributed by atoms with Gasteiger partial charge in [-0.05, 0) is 81.5 Å². The molecule has 0 spiro atoms. The van der Waals surface area contributed by atoms with Gasteiger partial charge in [0.1, 0.15) is 5.60 Å². The molecule has 4 aliphatic rings. The van der Waals surface area contributed by atoms with Crippen molar-refractivity contribution in [3.05, 3.63) is 11.6 Å². The molecule has 4 rings (SSSR count). The van der Waals surface area contributed by atoms with Crippen LogP contribution in [0.1, 0.15) is 72.1 Å². The monoisotopic (exact) mass is 332 g/mol. The molecule has 0 radical (unpaired) electrons. The Morgan fingerprint density at radius 2 is 1.83 bits per heavy atom. The van der Waals surface area contributed by atoms with Gasteiger partial charge in [0, 0.05) is 5.41 Å². The van der Waals surface area contributed by atoms with Crippen LogP contribution >= 0.6 is 0 Å². The average Bonchev–Trinajstić information content (AvgIpc) is 2.81. The van der Waals surface area contributed by atoms with Crippen LogP contribution in [-0.2, 0) is 4.79 Å². The number of rotatable bonds is 1. The summed E-state index contributed by atoms with van der Waals surface area (Å²) in [4.78, 5) is 12.2. The lowest BCUT2D eigenvalue weighted by molar-refractivity contribution is -0.159. The summed E-state index contributed by atoms with van der Waals surface area (Å²) in [6.45, 7) is 6.16. The Morgan fingerprint density at radius 1 is 1.12 bits per heavy atom. The molecule has 0 aromatic carbocycles. The Bertz CT molecular complexity index is 596. The zero-order valence-corrected chi connectivity index (χ0v) is 15.3. The van der Waals surface area contributed by atoms with E-state index < -0.39 is 5.60 Å². The Kier molecular flexibility index (Phi) is 3.61. The van der Waals surface area contributed by atoms with Crippen molar-refractivity contribution < 1.29 is 15.0 Å². The van der Waals surface area contributed by atoms with Crippen LogP contribution in [0.3, 0.4) is 0 Å². The molecule has 0 unspecified atom stereocenters. The molecule has 0 aromatic rings. The topological polar surface area (TPSA) is 57.5 Å². The van der Waals surface area contributed by atoms with E-state index in [1.165, 1.54) is 5.57 Å². The van der Waals surface area contributed by atoms with Crippen molar-refractivity contribution in [1.29, 1.82) is 0 Å². The zero-order chi connectivity index (χ0) is 17.3. The number of fused-ring (bicyclic) bond motifs is 5. The van der Waals surface area contributed by atoms with Crippen molar-refractivity contribution >= 4 is 5.78 Å². The summed E-state index contributed by atoms with van der Waals surface area (Å²) in [5.74, 6) is 1.65. The molecule has 3 nitrogen and oxygen atoms in total. The molecule has 0 heterocycles. The van der Waals surface area contributed by atoms with Crippen LogP contribution in [0.4, 0.5) is 0 Å². The lowest BCUT2D eigenvalue weighted by Gasteiger charge is -2.58. The number of carbonyl (C=O) groups excluding carboxylic acids is 1. The van der Waals surface area contributed by atoms with E-state index in [4.69, 9.17) is 0 Å². The van der Waals surface area contributed by atoms with E-state index >= 15 is 0 Å². The van der Waals surface area contributed by atoms with E-state index in [2.05, 4.69) is 19.9 Å². The lowest BCUT2D eigenvalue weighted by atomic mass is 9.47. The first kappa shape index (κ1) is 16.8. The highest BCUT2D eigenvalue weighted by molar-refractivity contribution is 5.86. The molecular formula is C21H32O3. The largest absolute Gasteiger partial charge is 0.393 e. The van der Waals surface area contributed by atoms with Crippen LogP contribution in [0.25, 0.3) is 0 Å². The van der Waals surface area contributed by atoms with E-state index in [1.54, 1.807) is 6.92 Å². The van der Waals surface area contributed by atoms with Gasteiger partial charge in [0.15, 0.2) is 5.78 Å². The molecule has 0 aliphatic heterocycles. The molecule has 0 aromatic heterocycles. The zero-order valence-electron chi connectivity index (χ0n) is 15.3. The number of Topliss-reactive ketones (excluding diaryl/α,β-unsaturated/α-hetero) is 1. The van der Waals surface area contributed by atoms with Crippen LogP contribution in [0, 0.1) is 28.6 Å². The van der Waals surface area contributed by atoms with Gasteiger partial charge in [0.05, 0.1) is 6.10 Å². The van der Waals surface area contributed by atoms with Gasteiger partial charge in [-0.25, -0.2) is 0 Å². The first-order chi connectivity index (χ1) is 11.2. The maximum absolute atomic E-state index is 12.2. The molecular weight excluding hydrogens is 300 g/mol. The predicted molar refractivity (Wildman–Crippen MR) is 93.3 cm³/mol. The third-order valence-electron chi connectivity index (χ3n) is 8.81. The van der Waals surface area contributed by atoms with Crippen molar-refractivity contribution in [3.8, 4) is 0 Å². The van der Waals surface area contributed by atoms with E-state index in [0.29, 0.717) is 24.2 Å². The van der Waals surface area contributed by atoms with Crippen LogP contribution in [-0.4, -0.2) is 27.7 Å². The third-order valence-corrected chi connectivity index (χ3v) is 8.81. The van der Waals surface area contributed by atoms with Crippen molar-refractivity contribution in [1.82, 2.24) is 0 Å². The number of carbonyl (C=O) groups is 1. The second kappa shape index (κ2) is 5.17. The highest BCUT2D eigenvalue weighted by Gasteiger charge is 2.65. The van der Waals surface area contributed by atoms with Crippen molar-refractivity contribution in [2.45, 2.75) is 83.8 Å². The van der Waals surface area contributed by atoms with Crippen LogP contribution in [0.5, 0.6) is 0 Å². The SMILES string of the molecule is CC(=O)[C@]1(O)CC[C@@H]2[C@H]3CC=C4C[C@@H](O)CC[C@]4(C)[C@@H]3CC[C@@]21C. The highest BCUT2D eigenvalue weighted by Crippen LogP contribution is 2.67. The summed E-state index contributed by atoms with van der Waals surface area (Å²) < 4.78 is 0. The maximum Gasteiger partial charge on any atom is 0.161 e. The quantitative estimate of drug-likeness (QED) is 0.721. The molecule has 0 amide bonds. The number of hydrogen-bond acceptors (Lipinski definition) is 3. The molecule has 2 N–H and O–H groups in total. The summed E-state index contributed by atoms with van der Waals surface area (Å²) in [5, 5.41) is 21.2. The number of allylic oxidation sites excluding steroid dienone is 1. The molecule has 134 valence electrons. The maximum atomic E-state index is 12.2. The fourth-order valence-electron chi connectivity index (χ4n) is 7.24. The summed E-state index contributed by atoms with van der Waals surface area (Å²) >= 11 is 0. The van der Waals surface area contributed by atoms with Gasteiger partial charge in [0.2, 0.25) is 0 Å². The van der Waals surface area contributed by atoms with Crippen molar-refractivity contribution in [3.63, 3.8) is 0 Å². The molecule has 3 fully saturated rings. The number of hydrogen-bond donors (Lipinski definition) is 2. The summed E-state index contributed by atoms with van der Waals surface area (Å²) in [5.41, 5.74) is 0.331. The van der Waals surface area contributed by atoms with Gasteiger partial charge >= 0.3 is 0 Å². The minimum atomic E-state index is -1.11. The van der Waals surface area contributed by atoms with Crippen LogP contribution < -0.4 is 0 Å². The van der Waals surface area contributed by atoms with Gasteiger partial charge in [-0.2, -0.15) is 0 Å². The molecule has 3 saturated carbocycles. The second-order valence-corrected chi connectivity index (χ2v) is 9.57. The van der Waals surface area contributed by atoms with Crippen LogP contribution in [0.2, 0.25) is 0 Å². The summed E-state index contributed by atoms with van der Waals surface area (Å²) in [7, 11) is 0.